The van der Waals surface area contributed by atoms with Gasteiger partial charge in [-0.25, -0.2) is 0 Å². The molecule has 1 heterocycles. The number of hydrogen-bond acceptors (Lipinski definition) is 3. The molecule has 1 N–H and O–H groups in total. The molecule has 2 rings (SSSR count). The number of rotatable bonds is 3. The second-order valence-corrected chi connectivity index (χ2v) is 4.87. The summed E-state index contributed by atoms with van der Waals surface area (Å²) in [4.78, 5) is 2.36. The average Bonchev–Trinajstić information content (AvgIpc) is 2.29. The molecule has 0 aromatic carbocycles. The van der Waals surface area contributed by atoms with Crippen molar-refractivity contribution in [1.82, 2.24) is 4.90 Å². The Kier molecular flexibility index (Phi) is 4.26. The van der Waals surface area contributed by atoms with Gasteiger partial charge in [-0.1, -0.05) is 12.8 Å². The van der Waals surface area contributed by atoms with Crippen LogP contribution in [0.25, 0.3) is 0 Å². The summed E-state index contributed by atoms with van der Waals surface area (Å²) in [7, 11) is 0. The Bertz CT molecular complexity index is 201. The van der Waals surface area contributed by atoms with Gasteiger partial charge >= 0.3 is 0 Å². The van der Waals surface area contributed by atoms with Gasteiger partial charge < -0.3 is 9.84 Å². The first kappa shape index (κ1) is 11.6. The standard InChI is InChI=1S/C11H20ClNO2/c12-7-9(14)8-13-5-6-15-11-4-2-1-3-10(11)13/h9-11,14H,1-8H2. The highest BCUT2D eigenvalue weighted by Gasteiger charge is 2.34. The molecule has 4 heteroatoms. The molecular formula is C11H20ClNO2. The van der Waals surface area contributed by atoms with Crippen LogP contribution in [0.5, 0.6) is 0 Å². The zero-order valence-electron chi connectivity index (χ0n) is 9.07. The monoisotopic (exact) mass is 233 g/mol. The molecule has 1 saturated carbocycles. The summed E-state index contributed by atoms with van der Waals surface area (Å²) in [5, 5.41) is 9.59. The van der Waals surface area contributed by atoms with Gasteiger partial charge in [-0.15, -0.1) is 11.6 Å². The van der Waals surface area contributed by atoms with E-state index in [-0.39, 0.29) is 0 Å². The van der Waals surface area contributed by atoms with Crippen molar-refractivity contribution >= 4 is 11.6 Å². The van der Waals surface area contributed by atoms with Crippen LogP contribution < -0.4 is 0 Å². The van der Waals surface area contributed by atoms with E-state index < -0.39 is 6.10 Å². The molecule has 3 atom stereocenters. The number of β-amino-alcohol motifs (C(OH)–C–C–N with tert-alkyl or cyclic N) is 1. The van der Waals surface area contributed by atoms with E-state index in [0.717, 1.165) is 13.2 Å². The van der Waals surface area contributed by atoms with E-state index in [1.165, 1.54) is 25.7 Å². The fourth-order valence-electron chi connectivity index (χ4n) is 2.72. The molecule has 3 unspecified atom stereocenters. The van der Waals surface area contributed by atoms with E-state index in [1.54, 1.807) is 0 Å². The summed E-state index contributed by atoms with van der Waals surface area (Å²) in [6.45, 7) is 2.44. The van der Waals surface area contributed by atoms with Crippen LogP contribution in [0.15, 0.2) is 0 Å². The number of nitrogens with zero attached hydrogens (tertiary/aromatic N) is 1. The first-order chi connectivity index (χ1) is 7.31. The molecule has 0 aromatic heterocycles. The van der Waals surface area contributed by atoms with Crippen molar-refractivity contribution in [2.75, 3.05) is 25.6 Å². The predicted molar refractivity (Wildman–Crippen MR) is 60.3 cm³/mol. The second kappa shape index (κ2) is 5.48. The third-order valence-electron chi connectivity index (χ3n) is 3.47. The lowest BCUT2D eigenvalue weighted by Crippen LogP contribution is -2.54. The first-order valence-corrected chi connectivity index (χ1v) is 6.44. The van der Waals surface area contributed by atoms with Crippen molar-refractivity contribution in [3.8, 4) is 0 Å². The Balaban J connectivity index is 1.91. The second-order valence-electron chi connectivity index (χ2n) is 4.56. The molecule has 0 radical (unpaired) electrons. The maximum absolute atomic E-state index is 9.59. The maximum atomic E-state index is 9.59. The van der Waals surface area contributed by atoms with Crippen molar-refractivity contribution < 1.29 is 9.84 Å². The number of aliphatic hydroxyl groups excluding tert-OH is 1. The number of aliphatic hydroxyl groups is 1. The van der Waals surface area contributed by atoms with E-state index >= 15 is 0 Å². The molecule has 2 aliphatic rings. The van der Waals surface area contributed by atoms with Gasteiger partial charge in [0.05, 0.1) is 18.8 Å². The van der Waals surface area contributed by atoms with Gasteiger partial charge in [-0.2, -0.15) is 0 Å². The van der Waals surface area contributed by atoms with E-state index in [4.69, 9.17) is 16.3 Å². The first-order valence-electron chi connectivity index (χ1n) is 5.91. The van der Waals surface area contributed by atoms with Gasteiger partial charge in [0, 0.05) is 25.0 Å². The lowest BCUT2D eigenvalue weighted by Gasteiger charge is -2.44. The van der Waals surface area contributed by atoms with Gasteiger partial charge in [0.25, 0.3) is 0 Å². The summed E-state index contributed by atoms with van der Waals surface area (Å²) < 4.78 is 5.77. The normalized spacial score (nSPS) is 34.8. The van der Waals surface area contributed by atoms with Gasteiger partial charge in [-0.3, -0.25) is 4.90 Å². The fourth-order valence-corrected chi connectivity index (χ4v) is 2.82. The lowest BCUT2D eigenvalue weighted by molar-refractivity contribution is -0.0957. The number of hydrogen-bond donors (Lipinski definition) is 1. The smallest absolute Gasteiger partial charge is 0.0802 e. The van der Waals surface area contributed by atoms with Crippen molar-refractivity contribution in [3.63, 3.8) is 0 Å². The Morgan fingerprint density at radius 3 is 3.00 bits per heavy atom. The van der Waals surface area contributed by atoms with Crippen LogP contribution in [0.2, 0.25) is 0 Å². The molecule has 2 fully saturated rings. The van der Waals surface area contributed by atoms with E-state index in [2.05, 4.69) is 4.90 Å². The molecule has 3 nitrogen and oxygen atoms in total. The summed E-state index contributed by atoms with van der Waals surface area (Å²) in [6, 6.07) is 0.519. The lowest BCUT2D eigenvalue weighted by atomic mass is 9.90. The Labute approximate surface area is 96.3 Å². The topological polar surface area (TPSA) is 32.7 Å². The van der Waals surface area contributed by atoms with E-state index in [0.29, 0.717) is 24.6 Å². The fraction of sp³-hybridized carbons (Fsp3) is 1.00. The minimum atomic E-state index is -0.396. The summed E-state index contributed by atoms with van der Waals surface area (Å²) in [5.41, 5.74) is 0. The average molecular weight is 234 g/mol. The van der Waals surface area contributed by atoms with Crippen LogP contribution >= 0.6 is 11.6 Å². The van der Waals surface area contributed by atoms with E-state index in [9.17, 15) is 5.11 Å². The maximum Gasteiger partial charge on any atom is 0.0802 e. The highest BCUT2D eigenvalue weighted by Crippen LogP contribution is 2.28. The van der Waals surface area contributed by atoms with Crippen LogP contribution in [0, 0.1) is 0 Å². The van der Waals surface area contributed by atoms with Gasteiger partial charge in [0.15, 0.2) is 0 Å². The third-order valence-corrected chi connectivity index (χ3v) is 3.83. The zero-order chi connectivity index (χ0) is 10.7. The molecule has 88 valence electrons. The highest BCUT2D eigenvalue weighted by atomic mass is 35.5. The zero-order valence-corrected chi connectivity index (χ0v) is 9.83. The molecule has 1 aliphatic carbocycles. The van der Waals surface area contributed by atoms with Crippen molar-refractivity contribution in [2.45, 2.75) is 43.9 Å². The van der Waals surface area contributed by atoms with Gasteiger partial charge in [-0.05, 0) is 12.8 Å². The highest BCUT2D eigenvalue weighted by molar-refractivity contribution is 6.18. The summed E-state index contributed by atoms with van der Waals surface area (Å²) >= 11 is 5.64. The predicted octanol–water partition coefficient (Wildman–Crippen LogP) is 1.23. The van der Waals surface area contributed by atoms with Gasteiger partial charge in [0.2, 0.25) is 0 Å². The Hall–Kier alpha value is 0.170. The third kappa shape index (κ3) is 2.84. The van der Waals surface area contributed by atoms with Crippen LogP contribution in [0.3, 0.4) is 0 Å². The number of ether oxygens (including phenoxy) is 1. The molecule has 0 amide bonds. The van der Waals surface area contributed by atoms with Crippen LogP contribution in [0.1, 0.15) is 25.7 Å². The quantitative estimate of drug-likeness (QED) is 0.745. The van der Waals surface area contributed by atoms with Crippen LogP contribution in [0.4, 0.5) is 0 Å². The largest absolute Gasteiger partial charge is 0.391 e. The number of halogens is 1. The molecule has 0 spiro atoms. The molecular weight excluding hydrogens is 214 g/mol. The SMILES string of the molecule is OC(CCl)CN1CCOC2CCCCC21. The van der Waals surface area contributed by atoms with Crippen molar-refractivity contribution in [3.05, 3.63) is 0 Å². The molecule has 15 heavy (non-hydrogen) atoms. The minimum absolute atomic E-state index is 0.328. The molecule has 0 bridgehead atoms. The van der Waals surface area contributed by atoms with Crippen molar-refractivity contribution in [2.24, 2.45) is 0 Å². The van der Waals surface area contributed by atoms with Gasteiger partial charge in [0.1, 0.15) is 0 Å². The summed E-state index contributed by atoms with van der Waals surface area (Å²) in [5.74, 6) is 0.328. The minimum Gasteiger partial charge on any atom is -0.391 e. The molecule has 1 aliphatic heterocycles. The number of morpholine rings is 1. The number of fused-ring (bicyclic) bond motifs is 1. The number of alkyl halides is 1. The molecule has 1 saturated heterocycles. The summed E-state index contributed by atoms with van der Waals surface area (Å²) in [6.07, 6.45) is 4.96. The van der Waals surface area contributed by atoms with E-state index in [1.807, 2.05) is 0 Å². The molecule has 0 aromatic rings. The van der Waals surface area contributed by atoms with Crippen molar-refractivity contribution in [1.29, 1.82) is 0 Å². The van der Waals surface area contributed by atoms with Crippen LogP contribution in [-0.2, 0) is 4.74 Å². The Morgan fingerprint density at radius 2 is 2.20 bits per heavy atom. The van der Waals surface area contributed by atoms with Crippen LogP contribution in [-0.4, -0.2) is 53.8 Å². The Morgan fingerprint density at radius 1 is 1.40 bits per heavy atom.